The first-order valence-electron chi connectivity index (χ1n) is 6.99. The number of carbonyl (C=O) groups is 1. The zero-order chi connectivity index (χ0) is 16.8. The Morgan fingerprint density at radius 3 is 2.55 bits per heavy atom. The molecule has 1 rings (SSSR count). The first kappa shape index (κ1) is 18.0. The summed E-state index contributed by atoms with van der Waals surface area (Å²) in [7, 11) is 0. The van der Waals surface area contributed by atoms with Crippen LogP contribution in [0.4, 0.5) is 10.5 Å². The number of nitrogens with one attached hydrogen (secondary N) is 3. The maximum absolute atomic E-state index is 11.4. The van der Waals surface area contributed by atoms with Crippen molar-refractivity contribution in [3.63, 3.8) is 0 Å². The van der Waals surface area contributed by atoms with Crippen LogP contribution in [0.25, 0.3) is 0 Å². The fourth-order valence-electron chi connectivity index (χ4n) is 1.57. The van der Waals surface area contributed by atoms with E-state index in [0.717, 1.165) is 5.56 Å². The number of phenolic OH excluding ortho intramolecular Hbond substituents is 1. The summed E-state index contributed by atoms with van der Waals surface area (Å²) < 4.78 is 5.11. The number of rotatable bonds is 4. The molecule has 6 nitrogen and oxygen atoms in total. The highest BCUT2D eigenvalue weighted by Crippen LogP contribution is 2.23. The van der Waals surface area contributed by atoms with Gasteiger partial charge < -0.3 is 25.8 Å². The van der Waals surface area contributed by atoms with Gasteiger partial charge in [0.15, 0.2) is 5.11 Å². The van der Waals surface area contributed by atoms with Crippen molar-refractivity contribution in [2.24, 2.45) is 0 Å². The second-order valence-corrected chi connectivity index (χ2v) is 6.24. The smallest absolute Gasteiger partial charge is 0.407 e. The molecule has 0 aromatic heterocycles. The van der Waals surface area contributed by atoms with Crippen molar-refractivity contribution in [2.45, 2.75) is 33.3 Å². The lowest BCUT2D eigenvalue weighted by Gasteiger charge is -2.19. The number of anilines is 1. The number of thiocarbonyl (C=S) groups is 1. The fourth-order valence-corrected chi connectivity index (χ4v) is 1.78. The normalized spacial score (nSPS) is 10.7. The second kappa shape index (κ2) is 7.84. The fraction of sp³-hybridized carbons (Fsp3) is 0.467. The lowest BCUT2D eigenvalue weighted by Crippen LogP contribution is -2.39. The lowest BCUT2D eigenvalue weighted by atomic mass is 10.2. The van der Waals surface area contributed by atoms with Gasteiger partial charge in [-0.2, -0.15) is 0 Å². The molecule has 0 saturated carbocycles. The third-order valence-corrected chi connectivity index (χ3v) is 2.73. The maximum Gasteiger partial charge on any atom is 0.407 e. The minimum atomic E-state index is -0.517. The van der Waals surface area contributed by atoms with Crippen LogP contribution in [-0.2, 0) is 4.74 Å². The number of alkyl carbamates (subject to hydrolysis) is 1. The molecule has 0 saturated heterocycles. The number of aromatic hydroxyl groups is 1. The van der Waals surface area contributed by atoms with Crippen molar-refractivity contribution in [1.82, 2.24) is 10.6 Å². The van der Waals surface area contributed by atoms with E-state index in [2.05, 4.69) is 16.0 Å². The number of aryl methyl sites for hydroxylation is 1. The molecular weight excluding hydrogens is 302 g/mol. The summed E-state index contributed by atoms with van der Waals surface area (Å²) in [6.45, 7) is 8.15. The molecule has 0 aliphatic rings. The first-order valence-corrected chi connectivity index (χ1v) is 7.39. The quantitative estimate of drug-likeness (QED) is 0.387. The molecule has 0 fully saturated rings. The van der Waals surface area contributed by atoms with Crippen LogP contribution in [0.3, 0.4) is 0 Å². The molecule has 0 heterocycles. The molecule has 0 aliphatic heterocycles. The Labute approximate surface area is 136 Å². The number of amides is 1. The number of ether oxygens (including phenoxy) is 1. The van der Waals surface area contributed by atoms with Gasteiger partial charge >= 0.3 is 6.09 Å². The molecule has 7 heteroatoms. The van der Waals surface area contributed by atoms with Crippen molar-refractivity contribution < 1.29 is 14.6 Å². The molecule has 0 radical (unpaired) electrons. The molecule has 1 aromatic rings. The Morgan fingerprint density at radius 1 is 1.27 bits per heavy atom. The monoisotopic (exact) mass is 325 g/mol. The van der Waals surface area contributed by atoms with Gasteiger partial charge in [0, 0.05) is 13.1 Å². The van der Waals surface area contributed by atoms with E-state index in [9.17, 15) is 9.90 Å². The Hall–Kier alpha value is -2.02. The van der Waals surface area contributed by atoms with Gasteiger partial charge in [-0.1, -0.05) is 6.07 Å². The summed E-state index contributed by atoms with van der Waals surface area (Å²) in [6.07, 6.45) is -0.468. The van der Waals surface area contributed by atoms with Crippen molar-refractivity contribution in [2.75, 3.05) is 18.4 Å². The summed E-state index contributed by atoms with van der Waals surface area (Å²) in [6, 6.07) is 5.20. The van der Waals surface area contributed by atoms with E-state index >= 15 is 0 Å². The van der Waals surface area contributed by atoms with Gasteiger partial charge in [-0.05, 0) is 57.6 Å². The van der Waals surface area contributed by atoms with Crippen molar-refractivity contribution in [1.29, 1.82) is 0 Å². The SMILES string of the molecule is Cc1ccc(O)c(NC(=S)NCCNC(=O)OC(C)(C)C)c1. The van der Waals surface area contributed by atoms with Crippen LogP contribution in [0.15, 0.2) is 18.2 Å². The van der Waals surface area contributed by atoms with Crippen LogP contribution in [0.1, 0.15) is 26.3 Å². The summed E-state index contributed by atoms with van der Waals surface area (Å²) in [5.41, 5.74) is 1.03. The van der Waals surface area contributed by atoms with E-state index in [0.29, 0.717) is 23.9 Å². The highest BCUT2D eigenvalue weighted by molar-refractivity contribution is 7.80. The molecule has 4 N–H and O–H groups in total. The molecule has 1 amide bonds. The van der Waals surface area contributed by atoms with Gasteiger partial charge in [0.25, 0.3) is 0 Å². The van der Waals surface area contributed by atoms with Crippen LogP contribution < -0.4 is 16.0 Å². The summed E-state index contributed by atoms with van der Waals surface area (Å²) in [5, 5.41) is 18.5. The van der Waals surface area contributed by atoms with E-state index in [4.69, 9.17) is 17.0 Å². The van der Waals surface area contributed by atoms with E-state index < -0.39 is 11.7 Å². The van der Waals surface area contributed by atoms with Gasteiger partial charge in [-0.3, -0.25) is 0 Å². The average Bonchev–Trinajstić information content (AvgIpc) is 2.37. The predicted octanol–water partition coefficient (Wildman–Crippen LogP) is 2.51. The molecule has 0 aliphatic carbocycles. The van der Waals surface area contributed by atoms with Gasteiger partial charge in [0.1, 0.15) is 11.4 Å². The summed E-state index contributed by atoms with van der Waals surface area (Å²) in [4.78, 5) is 11.4. The molecule has 122 valence electrons. The van der Waals surface area contributed by atoms with Gasteiger partial charge in [0.2, 0.25) is 0 Å². The third kappa shape index (κ3) is 7.12. The van der Waals surface area contributed by atoms with E-state index in [1.54, 1.807) is 32.9 Å². The lowest BCUT2D eigenvalue weighted by molar-refractivity contribution is 0.0529. The average molecular weight is 325 g/mol. The van der Waals surface area contributed by atoms with Crippen LogP contribution in [-0.4, -0.2) is 35.0 Å². The van der Waals surface area contributed by atoms with Gasteiger partial charge in [0.05, 0.1) is 5.69 Å². The van der Waals surface area contributed by atoms with Gasteiger partial charge in [-0.15, -0.1) is 0 Å². The summed E-state index contributed by atoms with van der Waals surface area (Å²) in [5.74, 6) is 0.127. The Morgan fingerprint density at radius 2 is 1.91 bits per heavy atom. The number of hydrogen-bond acceptors (Lipinski definition) is 4. The zero-order valence-corrected chi connectivity index (χ0v) is 14.1. The topological polar surface area (TPSA) is 82.6 Å². The largest absolute Gasteiger partial charge is 0.506 e. The van der Waals surface area contributed by atoms with Crippen LogP contribution in [0.2, 0.25) is 0 Å². The van der Waals surface area contributed by atoms with Crippen molar-refractivity contribution in [3.8, 4) is 5.75 Å². The molecule has 0 unspecified atom stereocenters. The Bertz CT molecular complexity index is 541. The maximum atomic E-state index is 11.4. The first-order chi connectivity index (χ1) is 10.2. The minimum Gasteiger partial charge on any atom is -0.506 e. The van der Waals surface area contributed by atoms with Crippen LogP contribution in [0, 0.1) is 6.92 Å². The number of benzene rings is 1. The third-order valence-electron chi connectivity index (χ3n) is 2.48. The van der Waals surface area contributed by atoms with E-state index in [1.807, 2.05) is 13.0 Å². The van der Waals surface area contributed by atoms with E-state index in [1.165, 1.54) is 0 Å². The zero-order valence-electron chi connectivity index (χ0n) is 13.3. The molecule has 0 atom stereocenters. The molecular formula is C15H23N3O3S. The van der Waals surface area contributed by atoms with Crippen molar-refractivity contribution >= 4 is 29.1 Å². The molecule has 0 bridgehead atoms. The van der Waals surface area contributed by atoms with Crippen LogP contribution >= 0.6 is 12.2 Å². The molecule has 1 aromatic carbocycles. The molecule has 0 spiro atoms. The second-order valence-electron chi connectivity index (χ2n) is 5.83. The minimum absolute atomic E-state index is 0.127. The standard InChI is InChI=1S/C15H23N3O3S/c1-10-5-6-12(19)11(9-10)18-13(22)16-7-8-17-14(20)21-15(2,3)4/h5-6,9,19H,7-8H2,1-4H3,(H,17,20)(H2,16,18,22). The number of phenols is 1. The Kier molecular flexibility index (Phi) is 6.42. The Balaban J connectivity index is 2.29. The number of hydrogen-bond donors (Lipinski definition) is 4. The van der Waals surface area contributed by atoms with Crippen molar-refractivity contribution in [3.05, 3.63) is 23.8 Å². The highest BCUT2D eigenvalue weighted by Gasteiger charge is 2.15. The highest BCUT2D eigenvalue weighted by atomic mass is 32.1. The number of carbonyl (C=O) groups excluding carboxylic acids is 1. The summed E-state index contributed by atoms with van der Waals surface area (Å²) >= 11 is 5.13. The molecule has 22 heavy (non-hydrogen) atoms. The van der Waals surface area contributed by atoms with Gasteiger partial charge in [-0.25, -0.2) is 4.79 Å². The van der Waals surface area contributed by atoms with Crippen LogP contribution in [0.5, 0.6) is 5.75 Å². The van der Waals surface area contributed by atoms with E-state index in [-0.39, 0.29) is 5.75 Å². The predicted molar refractivity (Wildman–Crippen MR) is 91.3 cm³/mol.